The second-order valence-corrected chi connectivity index (χ2v) is 9.74. The minimum atomic E-state index is -4.95. The van der Waals surface area contributed by atoms with Gasteiger partial charge in [0.1, 0.15) is 34.9 Å². The zero-order valence-electron chi connectivity index (χ0n) is 22.5. The van der Waals surface area contributed by atoms with Crippen LogP contribution in [0.3, 0.4) is 0 Å². The highest BCUT2D eigenvalue weighted by molar-refractivity contribution is 6.05. The fourth-order valence-electron chi connectivity index (χ4n) is 4.83. The lowest BCUT2D eigenvalue weighted by Crippen LogP contribution is -2.45. The van der Waals surface area contributed by atoms with E-state index >= 15 is 8.78 Å². The first-order valence-electron chi connectivity index (χ1n) is 12.6. The smallest absolute Gasteiger partial charge is 0.497 e. The van der Waals surface area contributed by atoms with E-state index in [2.05, 4.69) is 10.1 Å². The molecule has 1 fully saturated rings. The molecule has 4 rings (SSSR count). The average Bonchev–Trinajstić information content (AvgIpc) is 3.19. The fourth-order valence-corrected chi connectivity index (χ4v) is 4.83. The number of ether oxygens (including phenoxy) is 2. The summed E-state index contributed by atoms with van der Waals surface area (Å²) in [5, 5.41) is 12.2. The van der Waals surface area contributed by atoms with Crippen LogP contribution >= 0.6 is 0 Å². The van der Waals surface area contributed by atoms with E-state index < -0.39 is 71.3 Å². The van der Waals surface area contributed by atoms with Gasteiger partial charge in [0.25, 0.3) is 11.5 Å². The Morgan fingerprint density at radius 2 is 1.71 bits per heavy atom. The lowest BCUT2D eigenvalue weighted by molar-refractivity contribution is -0.274. The van der Waals surface area contributed by atoms with Gasteiger partial charge in [-0.25, -0.2) is 8.78 Å². The summed E-state index contributed by atoms with van der Waals surface area (Å²) >= 11 is 0. The summed E-state index contributed by atoms with van der Waals surface area (Å²) in [6.45, 7) is 2.52. The van der Waals surface area contributed by atoms with Crippen molar-refractivity contribution in [1.29, 1.82) is 0 Å². The molecule has 2 N–H and O–H groups in total. The van der Waals surface area contributed by atoms with Gasteiger partial charge in [-0.15, -0.1) is 13.2 Å². The van der Waals surface area contributed by atoms with Gasteiger partial charge in [-0.1, -0.05) is 0 Å². The first-order chi connectivity index (χ1) is 19.7. The van der Waals surface area contributed by atoms with Gasteiger partial charge in [-0.05, 0) is 49.7 Å². The molecule has 0 bridgehead atoms. The van der Waals surface area contributed by atoms with Gasteiger partial charge in [0.05, 0.1) is 19.8 Å². The van der Waals surface area contributed by atoms with Crippen LogP contribution in [0.15, 0.2) is 53.5 Å². The third-order valence-electron chi connectivity index (χ3n) is 6.68. The molecule has 3 aromatic rings. The highest BCUT2D eigenvalue weighted by Gasteiger charge is 2.46. The lowest BCUT2D eigenvalue weighted by atomic mass is 9.92. The molecule has 42 heavy (non-hydrogen) atoms. The van der Waals surface area contributed by atoms with Crippen molar-refractivity contribution >= 4 is 17.5 Å². The lowest BCUT2D eigenvalue weighted by Gasteiger charge is -2.20. The Morgan fingerprint density at radius 3 is 2.26 bits per heavy atom. The predicted molar refractivity (Wildman–Crippen MR) is 140 cm³/mol. The Kier molecular flexibility index (Phi) is 8.57. The molecule has 0 spiro atoms. The van der Waals surface area contributed by atoms with Crippen molar-refractivity contribution in [2.75, 3.05) is 18.6 Å². The summed E-state index contributed by atoms with van der Waals surface area (Å²) < 4.78 is 77.8. The maximum atomic E-state index is 15.2. The van der Waals surface area contributed by atoms with E-state index in [-0.39, 0.29) is 23.5 Å². The minimum Gasteiger partial charge on any atom is -0.497 e. The van der Waals surface area contributed by atoms with E-state index in [4.69, 9.17) is 4.74 Å². The Bertz CT molecular complexity index is 1530. The molecule has 3 atom stereocenters. The quantitative estimate of drug-likeness (QED) is 0.385. The number of carbonyl (C=O) groups excluding carboxylic acids is 2. The van der Waals surface area contributed by atoms with Gasteiger partial charge in [0.2, 0.25) is 5.91 Å². The molecule has 2 amide bonds. The van der Waals surface area contributed by atoms with Crippen molar-refractivity contribution < 1.29 is 46.1 Å². The van der Waals surface area contributed by atoms with E-state index in [0.717, 1.165) is 41.3 Å². The van der Waals surface area contributed by atoms with Gasteiger partial charge >= 0.3 is 6.36 Å². The first kappa shape index (κ1) is 30.5. The van der Waals surface area contributed by atoms with Crippen LogP contribution < -0.4 is 25.2 Å². The van der Waals surface area contributed by atoms with Crippen LogP contribution in [0.1, 0.15) is 34.3 Å². The van der Waals surface area contributed by atoms with E-state index in [0.29, 0.717) is 5.56 Å². The summed E-state index contributed by atoms with van der Waals surface area (Å²) in [5.74, 6) is -5.94. The number of aromatic nitrogens is 1. The normalized spacial score (nSPS) is 17.7. The average molecular weight is 596 g/mol. The van der Waals surface area contributed by atoms with E-state index in [1.807, 2.05) is 0 Å². The number of aliphatic hydroxyl groups is 1. The van der Waals surface area contributed by atoms with Crippen LogP contribution in [0.2, 0.25) is 0 Å². The zero-order valence-corrected chi connectivity index (χ0v) is 22.5. The van der Waals surface area contributed by atoms with Gasteiger partial charge in [-0.3, -0.25) is 14.4 Å². The summed E-state index contributed by atoms with van der Waals surface area (Å²) in [4.78, 5) is 41.2. The number of benzene rings is 2. The number of methoxy groups -OCH3 is 1. The largest absolute Gasteiger partial charge is 0.573 e. The maximum Gasteiger partial charge on any atom is 0.573 e. The van der Waals surface area contributed by atoms with E-state index in [1.54, 1.807) is 6.92 Å². The molecule has 1 aliphatic rings. The Morgan fingerprint density at radius 1 is 1.10 bits per heavy atom. The molecule has 0 saturated carbocycles. The van der Waals surface area contributed by atoms with Crippen molar-refractivity contribution in [2.24, 2.45) is 0 Å². The fraction of sp³-hybridized carbons (Fsp3) is 0.321. The first-order valence-corrected chi connectivity index (χ1v) is 12.6. The number of aryl methyl sites for hydroxylation is 1. The SMILES string of the molecule is COc1cc(F)c([C@@H]2CN(c3c(C)ccn(CC(C)O)c3=O)C(=O)[C@H]2NC(=O)c2ccc(OC(F)(F)F)cc2)c(F)c1. The molecule has 0 aliphatic carbocycles. The van der Waals surface area contributed by atoms with Crippen LogP contribution in [0.4, 0.5) is 27.6 Å². The van der Waals surface area contributed by atoms with Gasteiger partial charge in [-0.2, -0.15) is 0 Å². The number of hydrogen-bond donors (Lipinski definition) is 2. The second kappa shape index (κ2) is 11.8. The number of alkyl halides is 3. The van der Waals surface area contributed by atoms with Crippen LogP contribution in [-0.4, -0.2) is 53.7 Å². The van der Waals surface area contributed by atoms with Gasteiger partial charge < -0.3 is 29.4 Å². The molecule has 2 heterocycles. The molecular formula is C28H26F5N3O6. The molecule has 1 unspecified atom stereocenters. The zero-order chi connectivity index (χ0) is 30.9. The predicted octanol–water partition coefficient (Wildman–Crippen LogP) is 3.65. The number of anilines is 1. The molecular weight excluding hydrogens is 569 g/mol. The van der Waals surface area contributed by atoms with Crippen molar-refractivity contribution in [3.8, 4) is 11.5 Å². The van der Waals surface area contributed by atoms with Gasteiger partial charge in [0.15, 0.2) is 0 Å². The molecule has 224 valence electrons. The summed E-state index contributed by atoms with van der Waals surface area (Å²) in [6, 6.07) is 5.60. The molecule has 1 aliphatic heterocycles. The Balaban J connectivity index is 1.74. The van der Waals surface area contributed by atoms with Crippen molar-refractivity contribution in [3.63, 3.8) is 0 Å². The minimum absolute atomic E-state index is 0.0898. The number of nitrogens with zero attached hydrogens (tertiary/aromatic N) is 2. The number of aliphatic hydroxyl groups excluding tert-OH is 1. The number of halogens is 5. The van der Waals surface area contributed by atoms with Crippen LogP contribution in [0.25, 0.3) is 0 Å². The summed E-state index contributed by atoms with van der Waals surface area (Å²) in [7, 11) is 1.21. The van der Waals surface area contributed by atoms with E-state index in [1.165, 1.54) is 30.9 Å². The van der Waals surface area contributed by atoms with E-state index in [9.17, 15) is 32.7 Å². The third kappa shape index (κ3) is 6.38. The molecule has 2 aromatic carbocycles. The number of hydrogen-bond acceptors (Lipinski definition) is 6. The summed E-state index contributed by atoms with van der Waals surface area (Å²) in [6.07, 6.45) is -4.42. The van der Waals surface area contributed by atoms with Crippen molar-refractivity contribution in [3.05, 3.63) is 87.3 Å². The number of pyridine rings is 1. The van der Waals surface area contributed by atoms with Crippen molar-refractivity contribution in [2.45, 2.75) is 44.8 Å². The third-order valence-corrected chi connectivity index (χ3v) is 6.68. The molecule has 1 aromatic heterocycles. The number of rotatable bonds is 8. The van der Waals surface area contributed by atoms with Crippen molar-refractivity contribution in [1.82, 2.24) is 9.88 Å². The van der Waals surface area contributed by atoms with Gasteiger partial charge in [0, 0.05) is 41.9 Å². The standard InChI is InChI=1S/C28H26F5N3O6/c1-14-8-9-35(12-15(2)37)27(40)24(14)36-13-19(22-20(29)10-18(41-3)11-21(22)30)23(26(36)39)34-25(38)16-4-6-17(7-5-16)42-28(31,32)33/h4-11,15,19,23,37H,12-13H2,1-3H3,(H,34,38)/t15?,19-,23-/m0/s1. The topological polar surface area (TPSA) is 110 Å². The number of nitrogens with one attached hydrogen (secondary N) is 1. The Hall–Kier alpha value is -4.46. The number of amides is 2. The Labute approximate surface area is 236 Å². The van der Waals surface area contributed by atoms with Crippen LogP contribution in [-0.2, 0) is 11.3 Å². The monoisotopic (exact) mass is 595 g/mol. The second-order valence-electron chi connectivity index (χ2n) is 9.74. The summed E-state index contributed by atoms with van der Waals surface area (Å²) in [5.41, 5.74) is -1.10. The maximum absolute atomic E-state index is 15.2. The molecule has 1 saturated heterocycles. The highest BCUT2D eigenvalue weighted by atomic mass is 19.4. The highest BCUT2D eigenvalue weighted by Crippen LogP contribution is 2.36. The number of carbonyl (C=O) groups is 2. The molecule has 14 heteroatoms. The molecule has 0 radical (unpaired) electrons. The van der Waals surface area contributed by atoms with Crippen LogP contribution in [0, 0.1) is 18.6 Å². The van der Waals surface area contributed by atoms with Crippen LogP contribution in [0.5, 0.6) is 11.5 Å². The molecule has 9 nitrogen and oxygen atoms in total.